The molecule has 7 heteroatoms. The minimum absolute atomic E-state index is 0.627. The van der Waals surface area contributed by atoms with Crippen molar-refractivity contribution < 1.29 is 4.74 Å². The van der Waals surface area contributed by atoms with Gasteiger partial charge in [0.05, 0.1) is 7.11 Å². The molecule has 1 aliphatic rings. The quantitative estimate of drug-likeness (QED) is 0.395. The van der Waals surface area contributed by atoms with E-state index in [4.69, 9.17) is 10.5 Å². The van der Waals surface area contributed by atoms with Crippen LogP contribution in [0, 0.1) is 0 Å². The third-order valence-electron chi connectivity index (χ3n) is 6.59. The van der Waals surface area contributed by atoms with Crippen molar-refractivity contribution in [1.29, 1.82) is 0 Å². The number of methoxy groups -OCH3 is 1. The summed E-state index contributed by atoms with van der Waals surface area (Å²) >= 11 is 0. The van der Waals surface area contributed by atoms with Crippen LogP contribution in [-0.2, 0) is 13.1 Å². The molecule has 36 heavy (non-hydrogen) atoms. The molecule has 0 atom stereocenters. The first-order valence-electron chi connectivity index (χ1n) is 12.3. The van der Waals surface area contributed by atoms with Crippen molar-refractivity contribution in [3.63, 3.8) is 0 Å². The molecule has 0 radical (unpaired) electrons. The Hall–Kier alpha value is -4.26. The van der Waals surface area contributed by atoms with E-state index >= 15 is 0 Å². The second-order valence-electron chi connectivity index (χ2n) is 8.93. The lowest BCUT2D eigenvalue weighted by molar-refractivity contribution is 0.415. The Morgan fingerprint density at radius 2 is 1.31 bits per heavy atom. The number of piperazine rings is 1. The molecule has 1 aliphatic heterocycles. The molecule has 0 unspecified atom stereocenters. The zero-order valence-corrected chi connectivity index (χ0v) is 20.6. The average Bonchev–Trinajstić information content (AvgIpc) is 2.94. The van der Waals surface area contributed by atoms with Crippen LogP contribution in [0.3, 0.4) is 0 Å². The van der Waals surface area contributed by atoms with Crippen LogP contribution in [0.4, 0.5) is 23.0 Å². The van der Waals surface area contributed by atoms with Gasteiger partial charge in [0.15, 0.2) is 11.6 Å². The van der Waals surface area contributed by atoms with Gasteiger partial charge in [-0.1, -0.05) is 60.7 Å². The Balaban J connectivity index is 1.35. The lowest BCUT2D eigenvalue weighted by atomic mass is 10.1. The Kier molecular flexibility index (Phi) is 7.17. The lowest BCUT2D eigenvalue weighted by Gasteiger charge is -2.37. The zero-order valence-electron chi connectivity index (χ0n) is 20.6. The zero-order chi connectivity index (χ0) is 24.7. The minimum Gasteiger partial charge on any atom is -0.497 e. The van der Waals surface area contributed by atoms with E-state index in [0.29, 0.717) is 18.8 Å². The Labute approximate surface area is 212 Å². The van der Waals surface area contributed by atoms with E-state index in [2.05, 4.69) is 85.3 Å². The fourth-order valence-corrected chi connectivity index (χ4v) is 4.66. The van der Waals surface area contributed by atoms with Gasteiger partial charge in [-0.15, -0.1) is 0 Å². The lowest BCUT2D eigenvalue weighted by Crippen LogP contribution is -2.47. The number of nitrogens with two attached hydrogens (primary N) is 1. The van der Waals surface area contributed by atoms with Gasteiger partial charge in [-0.3, -0.25) is 0 Å². The van der Waals surface area contributed by atoms with Crippen LogP contribution in [0.2, 0.25) is 0 Å². The molecule has 0 amide bonds. The fraction of sp³-hybridized carbons (Fsp3) is 0.241. The number of hydrogen-bond donors (Lipinski definition) is 1. The van der Waals surface area contributed by atoms with Gasteiger partial charge in [0.1, 0.15) is 17.8 Å². The second kappa shape index (κ2) is 11.0. The monoisotopic (exact) mass is 480 g/mol. The third-order valence-corrected chi connectivity index (χ3v) is 6.59. The molecule has 0 spiro atoms. The van der Waals surface area contributed by atoms with Crippen molar-refractivity contribution in [3.8, 4) is 5.75 Å². The van der Waals surface area contributed by atoms with Crippen LogP contribution in [0.5, 0.6) is 5.75 Å². The standard InChI is InChI=1S/C29H32N6O/c1-36-26-14-12-25(13-15-26)33-16-18-34(19-17-33)28-27(30)29(32-22-31-28)35(20-23-8-4-2-5-9-23)21-24-10-6-3-7-11-24/h2-15,22H,16-21,30H2,1H3. The highest BCUT2D eigenvalue weighted by Gasteiger charge is 2.23. The number of aromatic nitrogens is 2. The van der Waals surface area contributed by atoms with Crippen molar-refractivity contribution in [2.24, 2.45) is 0 Å². The normalized spacial score (nSPS) is 13.5. The molecular formula is C29H32N6O. The summed E-state index contributed by atoms with van der Waals surface area (Å²) in [4.78, 5) is 16.1. The van der Waals surface area contributed by atoms with Gasteiger partial charge < -0.3 is 25.2 Å². The van der Waals surface area contributed by atoms with Gasteiger partial charge in [-0.25, -0.2) is 9.97 Å². The number of rotatable bonds is 8. The maximum Gasteiger partial charge on any atom is 0.158 e. The first kappa shape index (κ1) is 23.5. The minimum atomic E-state index is 0.627. The van der Waals surface area contributed by atoms with Gasteiger partial charge in [-0.2, -0.15) is 0 Å². The molecule has 5 rings (SSSR count). The molecule has 2 N–H and O–H groups in total. The average molecular weight is 481 g/mol. The molecule has 4 aromatic rings. The Morgan fingerprint density at radius 1 is 0.750 bits per heavy atom. The third kappa shape index (κ3) is 5.35. The molecular weight excluding hydrogens is 448 g/mol. The van der Waals surface area contributed by atoms with Gasteiger partial charge >= 0.3 is 0 Å². The molecule has 1 saturated heterocycles. The second-order valence-corrected chi connectivity index (χ2v) is 8.93. The van der Waals surface area contributed by atoms with Crippen LogP contribution in [-0.4, -0.2) is 43.3 Å². The van der Waals surface area contributed by atoms with Gasteiger partial charge in [0.2, 0.25) is 0 Å². The smallest absolute Gasteiger partial charge is 0.158 e. The number of nitrogens with zero attached hydrogens (tertiary/aromatic N) is 5. The first-order chi connectivity index (χ1) is 17.7. The molecule has 1 aromatic heterocycles. The fourth-order valence-electron chi connectivity index (χ4n) is 4.66. The van der Waals surface area contributed by atoms with Gasteiger partial charge in [-0.05, 0) is 35.4 Å². The summed E-state index contributed by atoms with van der Waals surface area (Å²) in [6.45, 7) is 4.88. The summed E-state index contributed by atoms with van der Waals surface area (Å²) in [6, 6.07) is 29.1. The highest BCUT2D eigenvalue weighted by atomic mass is 16.5. The summed E-state index contributed by atoms with van der Waals surface area (Å²) in [5.74, 6) is 2.44. The van der Waals surface area contributed by atoms with Gasteiger partial charge in [0, 0.05) is 45.0 Å². The summed E-state index contributed by atoms with van der Waals surface area (Å²) in [5.41, 5.74) is 11.0. The van der Waals surface area contributed by atoms with E-state index in [1.807, 2.05) is 24.3 Å². The highest BCUT2D eigenvalue weighted by Crippen LogP contribution is 2.32. The predicted octanol–water partition coefficient (Wildman–Crippen LogP) is 4.60. The number of ether oxygens (including phenoxy) is 1. The molecule has 7 nitrogen and oxygen atoms in total. The number of benzene rings is 3. The van der Waals surface area contributed by atoms with Crippen LogP contribution < -0.4 is 25.2 Å². The molecule has 3 aromatic carbocycles. The van der Waals surface area contributed by atoms with E-state index < -0.39 is 0 Å². The number of anilines is 4. The van der Waals surface area contributed by atoms with Crippen LogP contribution in [0.15, 0.2) is 91.3 Å². The van der Waals surface area contributed by atoms with E-state index in [9.17, 15) is 0 Å². The summed E-state index contributed by atoms with van der Waals surface area (Å²) in [6.07, 6.45) is 1.64. The molecule has 2 heterocycles. The Morgan fingerprint density at radius 3 is 1.86 bits per heavy atom. The van der Waals surface area contributed by atoms with E-state index in [1.54, 1.807) is 13.4 Å². The number of hydrogen-bond acceptors (Lipinski definition) is 7. The molecule has 184 valence electrons. The van der Waals surface area contributed by atoms with Crippen LogP contribution in [0.1, 0.15) is 11.1 Å². The van der Waals surface area contributed by atoms with Crippen molar-refractivity contribution in [1.82, 2.24) is 9.97 Å². The topological polar surface area (TPSA) is 70.8 Å². The van der Waals surface area contributed by atoms with Gasteiger partial charge in [0.25, 0.3) is 0 Å². The summed E-state index contributed by atoms with van der Waals surface area (Å²) < 4.78 is 5.29. The largest absolute Gasteiger partial charge is 0.497 e. The molecule has 1 fully saturated rings. The molecule has 0 bridgehead atoms. The van der Waals surface area contributed by atoms with Crippen molar-refractivity contribution in [3.05, 3.63) is 102 Å². The SMILES string of the molecule is COc1ccc(N2CCN(c3ncnc(N(Cc4ccccc4)Cc4ccccc4)c3N)CC2)cc1. The number of nitrogen functional groups attached to an aromatic ring is 1. The van der Waals surface area contributed by atoms with E-state index in [1.165, 1.54) is 16.8 Å². The summed E-state index contributed by atoms with van der Waals surface area (Å²) in [5, 5.41) is 0. The first-order valence-corrected chi connectivity index (χ1v) is 12.3. The highest BCUT2D eigenvalue weighted by molar-refractivity contribution is 5.76. The molecule has 0 saturated carbocycles. The van der Waals surface area contributed by atoms with Crippen LogP contribution >= 0.6 is 0 Å². The summed E-state index contributed by atoms with van der Waals surface area (Å²) in [7, 11) is 1.69. The van der Waals surface area contributed by atoms with Crippen molar-refractivity contribution >= 4 is 23.0 Å². The van der Waals surface area contributed by atoms with Crippen LogP contribution in [0.25, 0.3) is 0 Å². The van der Waals surface area contributed by atoms with E-state index in [-0.39, 0.29) is 0 Å². The van der Waals surface area contributed by atoms with Crippen molar-refractivity contribution in [2.45, 2.75) is 13.1 Å². The van der Waals surface area contributed by atoms with Crippen molar-refractivity contribution in [2.75, 3.05) is 53.7 Å². The Bertz CT molecular complexity index is 1200. The maximum atomic E-state index is 6.76. The predicted molar refractivity (Wildman–Crippen MR) is 147 cm³/mol. The molecule has 0 aliphatic carbocycles. The maximum absolute atomic E-state index is 6.76. The van der Waals surface area contributed by atoms with E-state index in [0.717, 1.165) is 43.6 Å².